The van der Waals surface area contributed by atoms with Gasteiger partial charge in [0, 0.05) is 0 Å². The standard InChI is InChI=1S/C4H8.H3NO3S/c1-3-4-2;1-5(2,3)4/h3-4H,1-2H3;(H3,1,2,3,4). The normalized spacial score (nSPS) is 10.7. The molecule has 0 amide bonds. The van der Waals surface area contributed by atoms with E-state index in [2.05, 4.69) is 5.14 Å². The zero-order valence-electron chi connectivity index (χ0n) is 5.40. The monoisotopic (exact) mass is 153 g/mol. The number of allylic oxidation sites excluding steroid dienone is 2. The van der Waals surface area contributed by atoms with Crippen molar-refractivity contribution in [2.24, 2.45) is 5.14 Å². The molecule has 56 valence electrons. The molecule has 0 aliphatic heterocycles. The van der Waals surface area contributed by atoms with Crippen LogP contribution in [0.4, 0.5) is 0 Å². The van der Waals surface area contributed by atoms with Crippen LogP contribution in [0.5, 0.6) is 0 Å². The van der Waals surface area contributed by atoms with E-state index in [1.54, 1.807) is 0 Å². The van der Waals surface area contributed by atoms with Gasteiger partial charge in [-0.1, -0.05) is 12.2 Å². The first-order chi connectivity index (χ1) is 3.91. The minimum absolute atomic E-state index is 2.00. The summed E-state index contributed by atoms with van der Waals surface area (Å²) in [5.74, 6) is 0. The summed E-state index contributed by atoms with van der Waals surface area (Å²) in [5.41, 5.74) is 0. The molecule has 0 aliphatic rings. The van der Waals surface area contributed by atoms with Gasteiger partial charge in [0.1, 0.15) is 0 Å². The molecule has 0 spiro atoms. The van der Waals surface area contributed by atoms with Crippen molar-refractivity contribution in [3.05, 3.63) is 12.2 Å². The highest BCUT2D eigenvalue weighted by molar-refractivity contribution is 7.83. The van der Waals surface area contributed by atoms with Crippen LogP contribution in [0.1, 0.15) is 13.8 Å². The lowest BCUT2D eigenvalue weighted by Gasteiger charge is -1.70. The predicted molar refractivity (Wildman–Crippen MR) is 36.2 cm³/mol. The van der Waals surface area contributed by atoms with Crippen molar-refractivity contribution >= 4 is 10.3 Å². The molecule has 0 unspecified atom stereocenters. The molecule has 0 heterocycles. The molecule has 0 saturated carbocycles. The summed E-state index contributed by atoms with van der Waals surface area (Å²) in [4.78, 5) is 0. The first-order valence-corrected chi connectivity index (χ1v) is 3.74. The first-order valence-electron chi connectivity index (χ1n) is 2.24. The van der Waals surface area contributed by atoms with E-state index < -0.39 is 10.3 Å². The Morgan fingerprint density at radius 2 is 1.44 bits per heavy atom. The summed E-state index contributed by atoms with van der Waals surface area (Å²) in [6.07, 6.45) is 4.00. The van der Waals surface area contributed by atoms with Gasteiger partial charge in [0.25, 0.3) is 0 Å². The molecular weight excluding hydrogens is 142 g/mol. The van der Waals surface area contributed by atoms with Crippen LogP contribution in [-0.2, 0) is 10.3 Å². The van der Waals surface area contributed by atoms with Gasteiger partial charge in [-0.15, -0.1) is 0 Å². The average molecular weight is 153 g/mol. The smallest absolute Gasteiger partial charge is 0.274 e. The average Bonchev–Trinajstić information content (AvgIpc) is 1.61. The molecule has 0 radical (unpaired) electrons. The van der Waals surface area contributed by atoms with Crippen molar-refractivity contribution in [3.8, 4) is 0 Å². The maximum Gasteiger partial charge on any atom is 0.330 e. The Bertz CT molecular complexity index is 147. The number of rotatable bonds is 0. The minimum atomic E-state index is -4.17. The Kier molecular flexibility index (Phi) is 7.28. The molecule has 0 saturated heterocycles. The molecule has 5 heteroatoms. The summed E-state index contributed by atoms with van der Waals surface area (Å²) in [5, 5.41) is 3.88. The molecule has 0 bridgehead atoms. The van der Waals surface area contributed by atoms with Crippen LogP contribution in [-0.4, -0.2) is 13.0 Å². The summed E-state index contributed by atoms with van der Waals surface area (Å²) in [6, 6.07) is 0. The summed E-state index contributed by atoms with van der Waals surface area (Å²) in [6.45, 7) is 4.00. The fraction of sp³-hybridized carbons (Fsp3) is 0.500. The van der Waals surface area contributed by atoms with Gasteiger partial charge in [-0.2, -0.15) is 8.42 Å². The molecular formula is C4H11NO3S. The van der Waals surface area contributed by atoms with Crippen LogP contribution >= 0.6 is 0 Å². The van der Waals surface area contributed by atoms with Crippen molar-refractivity contribution in [1.82, 2.24) is 0 Å². The van der Waals surface area contributed by atoms with Gasteiger partial charge in [-0.3, -0.25) is 4.55 Å². The quantitative estimate of drug-likeness (QED) is 0.388. The lowest BCUT2D eigenvalue weighted by atomic mass is 10.6. The third-order valence-corrected chi connectivity index (χ3v) is 0.333. The van der Waals surface area contributed by atoms with Crippen LogP contribution in [0.2, 0.25) is 0 Å². The Morgan fingerprint density at radius 3 is 1.44 bits per heavy atom. The maximum absolute atomic E-state index is 8.97. The second-order valence-corrected chi connectivity index (χ2v) is 2.21. The van der Waals surface area contributed by atoms with Gasteiger partial charge in [-0.25, -0.2) is 5.14 Å². The number of nitrogens with two attached hydrogens (primary N) is 1. The minimum Gasteiger partial charge on any atom is -0.274 e. The van der Waals surface area contributed by atoms with Crippen molar-refractivity contribution in [3.63, 3.8) is 0 Å². The second kappa shape index (κ2) is 5.74. The van der Waals surface area contributed by atoms with Crippen LogP contribution in [0.3, 0.4) is 0 Å². The van der Waals surface area contributed by atoms with E-state index >= 15 is 0 Å². The largest absolute Gasteiger partial charge is 0.330 e. The van der Waals surface area contributed by atoms with Gasteiger partial charge in [0.15, 0.2) is 0 Å². The van der Waals surface area contributed by atoms with E-state index in [9.17, 15) is 0 Å². The zero-order chi connectivity index (χ0) is 7.91. The van der Waals surface area contributed by atoms with E-state index in [-0.39, 0.29) is 0 Å². The molecule has 0 aromatic heterocycles. The van der Waals surface area contributed by atoms with Gasteiger partial charge < -0.3 is 0 Å². The second-order valence-electron chi connectivity index (χ2n) is 1.18. The van der Waals surface area contributed by atoms with Crippen LogP contribution in [0, 0.1) is 0 Å². The van der Waals surface area contributed by atoms with Crippen LogP contribution < -0.4 is 5.14 Å². The van der Waals surface area contributed by atoms with Gasteiger partial charge in [0.05, 0.1) is 0 Å². The van der Waals surface area contributed by atoms with Crippen molar-refractivity contribution in [1.29, 1.82) is 0 Å². The SMILES string of the molecule is CC=CC.NS(=O)(=O)O. The predicted octanol–water partition coefficient (Wildman–Crippen LogP) is 0.330. The van der Waals surface area contributed by atoms with Crippen LogP contribution in [0.15, 0.2) is 12.2 Å². The van der Waals surface area contributed by atoms with E-state index in [0.717, 1.165) is 0 Å². The van der Waals surface area contributed by atoms with E-state index in [1.807, 2.05) is 26.0 Å². The molecule has 4 nitrogen and oxygen atoms in total. The molecule has 0 aliphatic carbocycles. The fourth-order valence-corrected chi connectivity index (χ4v) is 0. The molecule has 3 N–H and O–H groups in total. The Balaban J connectivity index is 0. The zero-order valence-corrected chi connectivity index (χ0v) is 6.22. The molecule has 0 atom stereocenters. The molecule has 0 aromatic rings. The fourth-order valence-electron chi connectivity index (χ4n) is 0. The highest BCUT2D eigenvalue weighted by atomic mass is 32.2. The topological polar surface area (TPSA) is 80.4 Å². The first kappa shape index (κ1) is 11.4. The van der Waals surface area contributed by atoms with Gasteiger partial charge >= 0.3 is 10.3 Å². The highest BCUT2D eigenvalue weighted by Gasteiger charge is 1.81. The summed E-state index contributed by atoms with van der Waals surface area (Å²) >= 11 is 0. The lowest BCUT2D eigenvalue weighted by molar-refractivity contribution is 0.485. The van der Waals surface area contributed by atoms with Gasteiger partial charge in [0.2, 0.25) is 0 Å². The summed E-state index contributed by atoms with van der Waals surface area (Å²) < 4.78 is 25.2. The third kappa shape index (κ3) is 644. The maximum atomic E-state index is 8.97. The van der Waals surface area contributed by atoms with Crippen molar-refractivity contribution < 1.29 is 13.0 Å². The Morgan fingerprint density at radius 1 is 1.33 bits per heavy atom. The molecule has 0 rings (SSSR count). The van der Waals surface area contributed by atoms with E-state index in [1.165, 1.54) is 0 Å². The Hall–Kier alpha value is -0.390. The van der Waals surface area contributed by atoms with E-state index in [0.29, 0.717) is 0 Å². The van der Waals surface area contributed by atoms with Crippen molar-refractivity contribution in [2.45, 2.75) is 13.8 Å². The van der Waals surface area contributed by atoms with Crippen molar-refractivity contribution in [2.75, 3.05) is 0 Å². The third-order valence-electron chi connectivity index (χ3n) is 0.333. The number of hydrogen-bond acceptors (Lipinski definition) is 2. The van der Waals surface area contributed by atoms with E-state index in [4.69, 9.17) is 13.0 Å². The van der Waals surface area contributed by atoms with Crippen LogP contribution in [0.25, 0.3) is 0 Å². The lowest BCUT2D eigenvalue weighted by Crippen LogP contribution is -2.08. The van der Waals surface area contributed by atoms with Gasteiger partial charge in [-0.05, 0) is 13.8 Å². The summed E-state index contributed by atoms with van der Waals surface area (Å²) in [7, 11) is -4.17. The molecule has 0 aromatic carbocycles. The molecule has 0 fully saturated rings. The highest BCUT2D eigenvalue weighted by Crippen LogP contribution is 1.57. The molecule has 9 heavy (non-hydrogen) atoms. The number of hydrogen-bond donors (Lipinski definition) is 2. The Labute approximate surface area is 55.3 Å².